The molecule has 0 saturated heterocycles. The van der Waals surface area contributed by atoms with Crippen molar-refractivity contribution in [2.24, 2.45) is 5.16 Å². The van der Waals surface area contributed by atoms with Crippen molar-refractivity contribution in [3.63, 3.8) is 0 Å². The number of nitriles is 1. The van der Waals surface area contributed by atoms with E-state index >= 15 is 0 Å². The molecule has 2 aromatic rings. The molecular weight excluding hydrogens is 224 g/mol. The molecule has 1 N–H and O–H groups in total. The van der Waals surface area contributed by atoms with Crippen LogP contribution >= 0.6 is 0 Å². The fourth-order valence-electron chi connectivity index (χ4n) is 1.81. The molecule has 0 atom stereocenters. The van der Waals surface area contributed by atoms with Crippen LogP contribution in [0.15, 0.2) is 53.7 Å². The van der Waals surface area contributed by atoms with E-state index in [4.69, 9.17) is 10.5 Å². The number of hydrogen-bond donors (Lipinski definition) is 1. The van der Waals surface area contributed by atoms with E-state index in [1.165, 1.54) is 5.56 Å². The molecule has 2 rings (SSSR count). The summed E-state index contributed by atoms with van der Waals surface area (Å²) in [5.74, 6) is 0. The van der Waals surface area contributed by atoms with Gasteiger partial charge in [0, 0.05) is 5.56 Å². The van der Waals surface area contributed by atoms with Crippen LogP contribution in [0.4, 0.5) is 0 Å². The Hall–Kier alpha value is -2.60. The summed E-state index contributed by atoms with van der Waals surface area (Å²) in [7, 11) is 0. The van der Waals surface area contributed by atoms with Crippen LogP contribution in [-0.4, -0.2) is 10.9 Å². The van der Waals surface area contributed by atoms with Gasteiger partial charge in [-0.25, -0.2) is 0 Å². The van der Waals surface area contributed by atoms with Crippen molar-refractivity contribution in [3.8, 4) is 17.2 Å². The summed E-state index contributed by atoms with van der Waals surface area (Å²) >= 11 is 0. The standard InChI is InChI=1S/C15H12N2O/c1-11-6-8-12(9-7-11)13-4-2-3-5-14(13)15(10-16)17-18/h2-9,18H,1H3/b17-15+. The Bertz CT molecular complexity index is 622. The lowest BCUT2D eigenvalue weighted by Crippen LogP contribution is -1.99. The predicted molar refractivity (Wildman–Crippen MR) is 70.6 cm³/mol. The summed E-state index contributed by atoms with van der Waals surface area (Å²) in [6, 6.07) is 17.3. The maximum atomic E-state index is 8.95. The summed E-state index contributed by atoms with van der Waals surface area (Å²) < 4.78 is 0. The minimum atomic E-state index is 0.0196. The minimum Gasteiger partial charge on any atom is -0.410 e. The van der Waals surface area contributed by atoms with Gasteiger partial charge in [-0.3, -0.25) is 0 Å². The molecule has 0 spiro atoms. The molecule has 0 aliphatic carbocycles. The molecule has 0 heterocycles. The lowest BCUT2D eigenvalue weighted by atomic mass is 9.96. The van der Waals surface area contributed by atoms with Crippen LogP contribution in [0.25, 0.3) is 11.1 Å². The van der Waals surface area contributed by atoms with Gasteiger partial charge in [0.05, 0.1) is 0 Å². The van der Waals surface area contributed by atoms with Crippen molar-refractivity contribution in [1.82, 2.24) is 0 Å². The summed E-state index contributed by atoms with van der Waals surface area (Å²) in [4.78, 5) is 0. The van der Waals surface area contributed by atoms with Gasteiger partial charge in [-0.05, 0) is 18.1 Å². The SMILES string of the molecule is Cc1ccc(-c2ccccc2/C(C#N)=N/O)cc1. The van der Waals surface area contributed by atoms with Crippen LogP contribution < -0.4 is 0 Å². The third-order valence-corrected chi connectivity index (χ3v) is 2.75. The lowest BCUT2D eigenvalue weighted by Gasteiger charge is -2.07. The van der Waals surface area contributed by atoms with E-state index in [-0.39, 0.29) is 5.71 Å². The second kappa shape index (κ2) is 5.15. The molecule has 0 bridgehead atoms. The third kappa shape index (κ3) is 2.23. The van der Waals surface area contributed by atoms with Crippen molar-refractivity contribution >= 4 is 5.71 Å². The fourth-order valence-corrected chi connectivity index (χ4v) is 1.81. The molecule has 3 heteroatoms. The summed E-state index contributed by atoms with van der Waals surface area (Å²) in [6.07, 6.45) is 0. The smallest absolute Gasteiger partial charge is 0.187 e. The topological polar surface area (TPSA) is 56.4 Å². The Morgan fingerprint density at radius 2 is 1.78 bits per heavy atom. The predicted octanol–water partition coefficient (Wildman–Crippen LogP) is 3.36. The zero-order valence-electron chi connectivity index (χ0n) is 9.96. The van der Waals surface area contributed by atoms with Crippen LogP contribution in [0, 0.1) is 18.3 Å². The van der Waals surface area contributed by atoms with Crippen molar-refractivity contribution in [2.75, 3.05) is 0 Å². The Balaban J connectivity index is 2.59. The zero-order valence-corrected chi connectivity index (χ0v) is 9.96. The average molecular weight is 236 g/mol. The molecule has 0 amide bonds. The highest BCUT2D eigenvalue weighted by Crippen LogP contribution is 2.24. The molecule has 0 saturated carbocycles. The van der Waals surface area contributed by atoms with Gasteiger partial charge in [-0.15, -0.1) is 0 Å². The van der Waals surface area contributed by atoms with Crippen molar-refractivity contribution < 1.29 is 5.21 Å². The van der Waals surface area contributed by atoms with Crippen molar-refractivity contribution in [1.29, 1.82) is 5.26 Å². The van der Waals surface area contributed by atoms with E-state index in [0.717, 1.165) is 11.1 Å². The first-order valence-electron chi connectivity index (χ1n) is 5.55. The van der Waals surface area contributed by atoms with E-state index < -0.39 is 0 Å². The maximum absolute atomic E-state index is 8.95. The zero-order chi connectivity index (χ0) is 13.0. The molecule has 0 radical (unpaired) electrons. The van der Waals surface area contributed by atoms with E-state index in [1.54, 1.807) is 6.07 Å². The van der Waals surface area contributed by atoms with Crippen LogP contribution in [0.5, 0.6) is 0 Å². The Morgan fingerprint density at radius 1 is 1.11 bits per heavy atom. The van der Waals surface area contributed by atoms with Gasteiger partial charge in [-0.1, -0.05) is 59.3 Å². The summed E-state index contributed by atoms with van der Waals surface area (Å²) in [5, 5.41) is 20.9. The molecule has 3 nitrogen and oxygen atoms in total. The van der Waals surface area contributed by atoms with Gasteiger partial charge in [0.2, 0.25) is 0 Å². The van der Waals surface area contributed by atoms with Gasteiger partial charge < -0.3 is 5.21 Å². The summed E-state index contributed by atoms with van der Waals surface area (Å²) in [5.41, 5.74) is 3.70. The molecule has 18 heavy (non-hydrogen) atoms. The van der Waals surface area contributed by atoms with Gasteiger partial charge >= 0.3 is 0 Å². The number of aryl methyl sites for hydroxylation is 1. The number of oxime groups is 1. The average Bonchev–Trinajstić information content (AvgIpc) is 2.42. The van der Waals surface area contributed by atoms with Crippen molar-refractivity contribution in [2.45, 2.75) is 6.92 Å². The lowest BCUT2D eigenvalue weighted by molar-refractivity contribution is 0.320. The third-order valence-electron chi connectivity index (χ3n) is 2.75. The first-order valence-corrected chi connectivity index (χ1v) is 5.55. The highest BCUT2D eigenvalue weighted by molar-refractivity contribution is 6.14. The monoisotopic (exact) mass is 236 g/mol. The normalized spacial score (nSPS) is 11.0. The molecule has 0 fully saturated rings. The largest absolute Gasteiger partial charge is 0.410 e. The maximum Gasteiger partial charge on any atom is 0.187 e. The molecule has 2 aromatic carbocycles. The Morgan fingerprint density at radius 3 is 2.39 bits per heavy atom. The summed E-state index contributed by atoms with van der Waals surface area (Å²) in [6.45, 7) is 2.02. The number of nitrogens with zero attached hydrogens (tertiary/aromatic N) is 2. The van der Waals surface area contributed by atoms with Gasteiger partial charge in [0.15, 0.2) is 5.71 Å². The van der Waals surface area contributed by atoms with Crippen LogP contribution in [-0.2, 0) is 0 Å². The van der Waals surface area contributed by atoms with E-state index in [1.807, 2.05) is 55.5 Å². The fraction of sp³-hybridized carbons (Fsp3) is 0.0667. The van der Waals surface area contributed by atoms with Crippen molar-refractivity contribution in [3.05, 3.63) is 59.7 Å². The van der Waals surface area contributed by atoms with E-state index in [2.05, 4.69) is 5.16 Å². The highest BCUT2D eigenvalue weighted by atomic mass is 16.4. The number of rotatable bonds is 2. The van der Waals surface area contributed by atoms with Crippen LogP contribution in [0.3, 0.4) is 0 Å². The molecule has 0 aliphatic heterocycles. The van der Waals surface area contributed by atoms with Crippen LogP contribution in [0.1, 0.15) is 11.1 Å². The van der Waals surface area contributed by atoms with Crippen LogP contribution in [0.2, 0.25) is 0 Å². The second-order valence-corrected chi connectivity index (χ2v) is 3.97. The molecule has 88 valence electrons. The quantitative estimate of drug-likeness (QED) is 0.493. The first-order chi connectivity index (χ1) is 8.76. The molecule has 0 aliphatic rings. The Kier molecular flexibility index (Phi) is 3.40. The highest BCUT2D eigenvalue weighted by Gasteiger charge is 2.10. The second-order valence-electron chi connectivity index (χ2n) is 3.97. The van der Waals surface area contributed by atoms with Gasteiger partial charge in [0.25, 0.3) is 0 Å². The molecule has 0 aromatic heterocycles. The Labute approximate surface area is 106 Å². The number of benzene rings is 2. The molecule has 0 unspecified atom stereocenters. The molecular formula is C15H12N2O. The van der Waals surface area contributed by atoms with E-state index in [9.17, 15) is 0 Å². The van der Waals surface area contributed by atoms with Gasteiger partial charge in [-0.2, -0.15) is 5.26 Å². The minimum absolute atomic E-state index is 0.0196. The first kappa shape index (κ1) is 11.9. The van der Waals surface area contributed by atoms with E-state index in [0.29, 0.717) is 5.56 Å². The van der Waals surface area contributed by atoms with Gasteiger partial charge in [0.1, 0.15) is 6.07 Å². The number of hydrogen-bond acceptors (Lipinski definition) is 3.